The molecule has 0 bridgehead atoms. The van der Waals surface area contributed by atoms with Gasteiger partial charge in [-0.15, -0.1) is 0 Å². The first kappa shape index (κ1) is 16.9. The molecule has 126 valence electrons. The monoisotopic (exact) mass is 363 g/mol. The molecule has 1 aliphatic heterocycles. The molecule has 0 aliphatic carbocycles. The number of benzene rings is 2. The summed E-state index contributed by atoms with van der Waals surface area (Å²) in [5.41, 5.74) is 2.06. The largest absolute Gasteiger partial charge is 0.368 e. The fraction of sp³-hybridized carbons (Fsp3) is 0.278. The van der Waals surface area contributed by atoms with Gasteiger partial charge in [0.2, 0.25) is 0 Å². The van der Waals surface area contributed by atoms with E-state index in [2.05, 4.69) is 10.2 Å². The summed E-state index contributed by atoms with van der Waals surface area (Å²) in [5.74, 6) is 0. The zero-order valence-corrected chi connectivity index (χ0v) is 14.7. The van der Waals surface area contributed by atoms with Gasteiger partial charge in [0.05, 0.1) is 0 Å². The lowest BCUT2D eigenvalue weighted by Crippen LogP contribution is -2.51. The van der Waals surface area contributed by atoms with E-state index in [9.17, 15) is 4.79 Å². The van der Waals surface area contributed by atoms with Crippen LogP contribution in [0.5, 0.6) is 0 Å². The molecule has 0 unspecified atom stereocenters. The Labute approximate surface area is 152 Å². The lowest BCUT2D eigenvalue weighted by Gasteiger charge is -2.36. The molecule has 0 aromatic heterocycles. The summed E-state index contributed by atoms with van der Waals surface area (Å²) in [4.78, 5) is 16.4. The van der Waals surface area contributed by atoms with Crippen LogP contribution in [-0.2, 0) is 6.54 Å². The summed E-state index contributed by atoms with van der Waals surface area (Å²) >= 11 is 12.0. The van der Waals surface area contributed by atoms with Gasteiger partial charge in [-0.05, 0) is 35.9 Å². The van der Waals surface area contributed by atoms with Gasteiger partial charge >= 0.3 is 6.03 Å². The number of halogens is 2. The van der Waals surface area contributed by atoms with Crippen molar-refractivity contribution < 1.29 is 4.79 Å². The van der Waals surface area contributed by atoms with Crippen LogP contribution in [0.3, 0.4) is 0 Å². The predicted molar refractivity (Wildman–Crippen MR) is 98.9 cm³/mol. The topological polar surface area (TPSA) is 35.6 Å². The summed E-state index contributed by atoms with van der Waals surface area (Å²) in [6.07, 6.45) is 0. The van der Waals surface area contributed by atoms with Gasteiger partial charge in [-0.25, -0.2) is 4.79 Å². The first-order valence-corrected chi connectivity index (χ1v) is 8.66. The van der Waals surface area contributed by atoms with E-state index >= 15 is 0 Å². The van der Waals surface area contributed by atoms with Crippen molar-refractivity contribution in [2.24, 2.45) is 0 Å². The third kappa shape index (κ3) is 4.13. The number of carbonyl (C=O) groups is 1. The predicted octanol–water partition coefficient (Wildman–Crippen LogP) is 4.03. The van der Waals surface area contributed by atoms with Crippen LogP contribution in [0.2, 0.25) is 10.0 Å². The van der Waals surface area contributed by atoms with E-state index in [1.54, 1.807) is 0 Å². The number of carbonyl (C=O) groups excluding carboxylic acids is 1. The number of rotatable bonds is 3. The van der Waals surface area contributed by atoms with E-state index in [4.69, 9.17) is 23.2 Å². The smallest absolute Gasteiger partial charge is 0.317 e. The number of nitrogens with one attached hydrogen (secondary N) is 1. The molecule has 4 nitrogen and oxygen atoms in total. The number of amides is 2. The van der Waals surface area contributed by atoms with E-state index in [0.717, 1.165) is 29.4 Å². The number of hydrogen-bond donors (Lipinski definition) is 1. The van der Waals surface area contributed by atoms with Crippen molar-refractivity contribution >= 4 is 34.9 Å². The molecule has 3 rings (SSSR count). The minimum absolute atomic E-state index is 0.0503. The van der Waals surface area contributed by atoms with Gasteiger partial charge in [-0.2, -0.15) is 0 Å². The Morgan fingerprint density at radius 2 is 1.62 bits per heavy atom. The third-order valence-corrected chi connectivity index (χ3v) is 4.77. The molecule has 2 aromatic carbocycles. The highest BCUT2D eigenvalue weighted by molar-refractivity contribution is 6.31. The van der Waals surface area contributed by atoms with Crippen molar-refractivity contribution in [3.8, 4) is 0 Å². The highest BCUT2D eigenvalue weighted by Gasteiger charge is 2.21. The molecule has 0 spiro atoms. The van der Waals surface area contributed by atoms with Crippen LogP contribution in [0.1, 0.15) is 5.56 Å². The summed E-state index contributed by atoms with van der Waals surface area (Å²) in [7, 11) is 0. The minimum Gasteiger partial charge on any atom is -0.368 e. The molecule has 2 amide bonds. The van der Waals surface area contributed by atoms with E-state index < -0.39 is 0 Å². The molecule has 1 N–H and O–H groups in total. The standard InChI is InChI=1S/C18H19Cl2N3O/c19-15-5-7-16(8-6-15)22-9-11-23(12-10-22)18(24)21-13-14-3-1-2-4-17(14)20/h1-8H,9-13H2,(H,21,24). The second kappa shape index (κ2) is 7.77. The van der Waals surface area contributed by atoms with Crippen LogP contribution in [0.25, 0.3) is 0 Å². The van der Waals surface area contributed by atoms with Crippen molar-refractivity contribution in [1.82, 2.24) is 10.2 Å². The summed E-state index contributed by atoms with van der Waals surface area (Å²) < 4.78 is 0. The van der Waals surface area contributed by atoms with E-state index in [-0.39, 0.29) is 6.03 Å². The van der Waals surface area contributed by atoms with E-state index in [1.807, 2.05) is 53.4 Å². The lowest BCUT2D eigenvalue weighted by atomic mass is 10.2. The van der Waals surface area contributed by atoms with Crippen LogP contribution in [0.4, 0.5) is 10.5 Å². The summed E-state index contributed by atoms with van der Waals surface area (Å²) in [6, 6.07) is 15.3. The van der Waals surface area contributed by atoms with Crippen LogP contribution >= 0.6 is 23.2 Å². The quantitative estimate of drug-likeness (QED) is 0.893. The maximum absolute atomic E-state index is 12.3. The average molecular weight is 364 g/mol. The van der Waals surface area contributed by atoms with Crippen LogP contribution in [-0.4, -0.2) is 37.1 Å². The highest BCUT2D eigenvalue weighted by atomic mass is 35.5. The molecule has 1 saturated heterocycles. The normalized spacial score (nSPS) is 14.6. The Balaban J connectivity index is 1.50. The second-order valence-electron chi connectivity index (χ2n) is 5.70. The van der Waals surface area contributed by atoms with Crippen LogP contribution < -0.4 is 10.2 Å². The Hall–Kier alpha value is -1.91. The lowest BCUT2D eigenvalue weighted by molar-refractivity contribution is 0.194. The fourth-order valence-corrected chi connectivity index (χ4v) is 3.07. The van der Waals surface area contributed by atoms with Gasteiger partial charge < -0.3 is 15.1 Å². The molecule has 1 fully saturated rings. The maximum atomic E-state index is 12.3. The molecular formula is C18H19Cl2N3O. The molecule has 0 atom stereocenters. The van der Waals surface area contributed by atoms with E-state index in [0.29, 0.717) is 24.7 Å². The Morgan fingerprint density at radius 3 is 2.29 bits per heavy atom. The molecule has 1 heterocycles. The first-order chi connectivity index (χ1) is 11.6. The van der Waals surface area contributed by atoms with Crippen molar-refractivity contribution in [2.45, 2.75) is 6.54 Å². The Bertz CT molecular complexity index is 698. The van der Waals surface area contributed by atoms with Gasteiger partial charge in [-0.1, -0.05) is 41.4 Å². The maximum Gasteiger partial charge on any atom is 0.317 e. The molecule has 0 saturated carbocycles. The zero-order valence-electron chi connectivity index (χ0n) is 13.2. The SMILES string of the molecule is O=C(NCc1ccccc1Cl)N1CCN(c2ccc(Cl)cc2)CC1. The summed E-state index contributed by atoms with van der Waals surface area (Å²) in [6.45, 7) is 3.44. The Kier molecular flexibility index (Phi) is 5.48. The van der Waals surface area contributed by atoms with Gasteiger partial charge in [0.25, 0.3) is 0 Å². The average Bonchev–Trinajstić information content (AvgIpc) is 2.62. The first-order valence-electron chi connectivity index (χ1n) is 7.90. The fourth-order valence-electron chi connectivity index (χ4n) is 2.74. The van der Waals surface area contributed by atoms with Gasteiger partial charge in [0.15, 0.2) is 0 Å². The van der Waals surface area contributed by atoms with Crippen molar-refractivity contribution in [3.05, 3.63) is 64.1 Å². The van der Waals surface area contributed by atoms with Gasteiger partial charge in [-0.3, -0.25) is 0 Å². The van der Waals surface area contributed by atoms with Gasteiger partial charge in [0, 0.05) is 48.5 Å². The van der Waals surface area contributed by atoms with Gasteiger partial charge in [0.1, 0.15) is 0 Å². The molecule has 2 aromatic rings. The number of hydrogen-bond acceptors (Lipinski definition) is 2. The number of anilines is 1. The number of piperazine rings is 1. The molecule has 0 radical (unpaired) electrons. The number of urea groups is 1. The summed E-state index contributed by atoms with van der Waals surface area (Å²) in [5, 5.41) is 4.34. The zero-order chi connectivity index (χ0) is 16.9. The van der Waals surface area contributed by atoms with E-state index in [1.165, 1.54) is 0 Å². The molecular weight excluding hydrogens is 345 g/mol. The number of nitrogens with zero attached hydrogens (tertiary/aromatic N) is 2. The second-order valence-corrected chi connectivity index (χ2v) is 6.54. The van der Waals surface area contributed by atoms with Crippen molar-refractivity contribution in [2.75, 3.05) is 31.1 Å². The molecule has 6 heteroatoms. The Morgan fingerprint density at radius 1 is 0.958 bits per heavy atom. The minimum atomic E-state index is -0.0503. The third-order valence-electron chi connectivity index (χ3n) is 4.15. The molecule has 1 aliphatic rings. The van der Waals surface area contributed by atoms with Crippen LogP contribution in [0.15, 0.2) is 48.5 Å². The van der Waals surface area contributed by atoms with Crippen molar-refractivity contribution in [3.63, 3.8) is 0 Å². The molecule has 24 heavy (non-hydrogen) atoms. The van der Waals surface area contributed by atoms with Crippen LogP contribution in [0, 0.1) is 0 Å². The highest BCUT2D eigenvalue weighted by Crippen LogP contribution is 2.19. The van der Waals surface area contributed by atoms with Crippen molar-refractivity contribution in [1.29, 1.82) is 0 Å².